The van der Waals surface area contributed by atoms with Crippen molar-refractivity contribution in [2.24, 2.45) is 5.92 Å². The van der Waals surface area contributed by atoms with Crippen LogP contribution in [-0.4, -0.2) is 47.9 Å². The monoisotopic (exact) mass is 454 g/mol. The van der Waals surface area contributed by atoms with E-state index in [0.29, 0.717) is 30.3 Å². The van der Waals surface area contributed by atoms with Gasteiger partial charge in [0.25, 0.3) is 5.91 Å². The highest BCUT2D eigenvalue weighted by molar-refractivity contribution is 6.31. The molecule has 2 amide bonds. The van der Waals surface area contributed by atoms with Gasteiger partial charge in [-0.05, 0) is 62.8 Å². The van der Waals surface area contributed by atoms with Gasteiger partial charge in [0, 0.05) is 36.1 Å². The number of carbonyl (C=O) groups excluding carboxylic acids is 2. The quantitative estimate of drug-likeness (QED) is 0.582. The van der Waals surface area contributed by atoms with Crippen LogP contribution in [0.5, 0.6) is 5.75 Å². The summed E-state index contributed by atoms with van der Waals surface area (Å²) < 4.78 is 5.88. The molecule has 6 heteroatoms. The Hall–Kier alpha value is -2.53. The lowest BCUT2D eigenvalue weighted by Gasteiger charge is -2.25. The number of ether oxygens (including phenoxy) is 1. The molecule has 2 atom stereocenters. The highest BCUT2D eigenvalue weighted by atomic mass is 35.5. The van der Waals surface area contributed by atoms with Crippen LogP contribution < -0.4 is 4.74 Å². The van der Waals surface area contributed by atoms with E-state index in [2.05, 4.69) is 29.2 Å². The van der Waals surface area contributed by atoms with Crippen molar-refractivity contribution in [2.45, 2.75) is 45.6 Å². The molecule has 5 nitrogen and oxygen atoms in total. The van der Waals surface area contributed by atoms with Gasteiger partial charge in [0.1, 0.15) is 5.75 Å². The second-order valence-electron chi connectivity index (χ2n) is 8.55. The predicted octanol–water partition coefficient (Wildman–Crippen LogP) is 4.67. The van der Waals surface area contributed by atoms with E-state index in [1.807, 2.05) is 32.0 Å². The lowest BCUT2D eigenvalue weighted by atomic mass is 9.97. The lowest BCUT2D eigenvalue weighted by Crippen LogP contribution is -2.34. The fourth-order valence-electron chi connectivity index (χ4n) is 5.05. The van der Waals surface area contributed by atoms with Crippen molar-refractivity contribution in [3.63, 3.8) is 0 Å². The van der Waals surface area contributed by atoms with E-state index in [0.717, 1.165) is 31.4 Å². The van der Waals surface area contributed by atoms with Gasteiger partial charge in [-0.1, -0.05) is 41.9 Å². The summed E-state index contributed by atoms with van der Waals surface area (Å²) in [5.74, 6) is 0.611. The topological polar surface area (TPSA) is 49.9 Å². The number of hydrogen-bond donors (Lipinski definition) is 0. The van der Waals surface area contributed by atoms with Gasteiger partial charge >= 0.3 is 0 Å². The molecule has 0 radical (unpaired) electrons. The Morgan fingerprint density at radius 1 is 1.12 bits per heavy atom. The molecule has 0 aromatic heterocycles. The third-order valence-electron chi connectivity index (χ3n) is 6.82. The molecule has 1 aliphatic carbocycles. The molecule has 1 saturated heterocycles. The molecule has 2 aliphatic rings. The summed E-state index contributed by atoms with van der Waals surface area (Å²) in [6.07, 6.45) is 3.35. The van der Waals surface area contributed by atoms with Gasteiger partial charge in [-0.15, -0.1) is 0 Å². The summed E-state index contributed by atoms with van der Waals surface area (Å²) in [7, 11) is 0. The maximum Gasteiger partial charge on any atom is 0.260 e. The average molecular weight is 455 g/mol. The minimum atomic E-state index is -0.122. The first kappa shape index (κ1) is 22.7. The van der Waals surface area contributed by atoms with Gasteiger partial charge < -0.3 is 14.5 Å². The Morgan fingerprint density at radius 2 is 1.91 bits per heavy atom. The van der Waals surface area contributed by atoms with Crippen LogP contribution in [0.15, 0.2) is 42.5 Å². The minimum Gasteiger partial charge on any atom is -0.483 e. The fraction of sp³-hybridized carbons (Fsp3) is 0.462. The number of halogens is 1. The van der Waals surface area contributed by atoms with Crippen molar-refractivity contribution >= 4 is 23.4 Å². The summed E-state index contributed by atoms with van der Waals surface area (Å²) >= 11 is 6.52. The van der Waals surface area contributed by atoms with Crippen molar-refractivity contribution in [1.29, 1.82) is 0 Å². The standard InChI is InChI=1S/C26H31ClN2O3/c1-3-28(4-2)25(30)17-32-24-11-7-10-22(27)21(24)16-19-14-15-29(26(19)31)23-13-12-18-8-5-6-9-20(18)23/h5-11,19,23H,3-4,12-17H2,1-2H3/t19?,23-/m0/s1. The minimum absolute atomic E-state index is 0.0291. The molecular formula is C26H31ClN2O3. The van der Waals surface area contributed by atoms with E-state index in [9.17, 15) is 9.59 Å². The number of likely N-dealkylation sites (N-methyl/N-ethyl adjacent to an activating group) is 1. The van der Waals surface area contributed by atoms with Crippen molar-refractivity contribution in [1.82, 2.24) is 9.80 Å². The van der Waals surface area contributed by atoms with E-state index in [-0.39, 0.29) is 30.4 Å². The first-order valence-corrected chi connectivity index (χ1v) is 12.0. The number of likely N-dealkylation sites (tertiary alicyclic amines) is 1. The smallest absolute Gasteiger partial charge is 0.260 e. The van der Waals surface area contributed by atoms with Crippen LogP contribution in [-0.2, 0) is 22.4 Å². The number of rotatable bonds is 8. The van der Waals surface area contributed by atoms with Gasteiger partial charge in [-0.25, -0.2) is 0 Å². The van der Waals surface area contributed by atoms with Crippen molar-refractivity contribution in [3.05, 3.63) is 64.2 Å². The first-order chi connectivity index (χ1) is 15.5. The van der Waals surface area contributed by atoms with E-state index in [4.69, 9.17) is 16.3 Å². The number of carbonyl (C=O) groups is 2. The maximum atomic E-state index is 13.3. The number of amides is 2. The molecule has 0 N–H and O–H groups in total. The van der Waals surface area contributed by atoms with Crippen LogP contribution in [0.25, 0.3) is 0 Å². The summed E-state index contributed by atoms with van der Waals surface area (Å²) in [5, 5.41) is 0.579. The van der Waals surface area contributed by atoms with Gasteiger partial charge in [-0.2, -0.15) is 0 Å². The lowest BCUT2D eigenvalue weighted by molar-refractivity contribution is -0.134. The molecular weight excluding hydrogens is 424 g/mol. The highest BCUT2D eigenvalue weighted by Crippen LogP contribution is 2.40. The molecule has 0 bridgehead atoms. The number of fused-ring (bicyclic) bond motifs is 1. The van der Waals surface area contributed by atoms with E-state index < -0.39 is 0 Å². The summed E-state index contributed by atoms with van der Waals surface area (Å²) in [6.45, 7) is 5.94. The molecule has 2 aromatic carbocycles. The Balaban J connectivity index is 1.46. The van der Waals surface area contributed by atoms with Gasteiger partial charge in [0.2, 0.25) is 5.91 Å². The Kier molecular flexibility index (Phi) is 7.04. The largest absolute Gasteiger partial charge is 0.483 e. The molecule has 0 saturated carbocycles. The van der Waals surface area contributed by atoms with Crippen LogP contribution in [0.2, 0.25) is 5.02 Å². The van der Waals surface area contributed by atoms with Gasteiger partial charge in [0.05, 0.1) is 6.04 Å². The van der Waals surface area contributed by atoms with E-state index in [1.165, 1.54) is 11.1 Å². The average Bonchev–Trinajstić information content (AvgIpc) is 3.38. The molecule has 4 rings (SSSR count). The molecule has 32 heavy (non-hydrogen) atoms. The zero-order valence-corrected chi connectivity index (χ0v) is 19.6. The Bertz CT molecular complexity index is 989. The van der Waals surface area contributed by atoms with Crippen LogP contribution in [0, 0.1) is 5.92 Å². The van der Waals surface area contributed by atoms with E-state index >= 15 is 0 Å². The van der Waals surface area contributed by atoms with Gasteiger partial charge in [-0.3, -0.25) is 9.59 Å². The first-order valence-electron chi connectivity index (χ1n) is 11.6. The van der Waals surface area contributed by atoms with Crippen LogP contribution in [0.1, 0.15) is 49.4 Å². The molecule has 1 fully saturated rings. The zero-order valence-electron chi connectivity index (χ0n) is 18.9. The van der Waals surface area contributed by atoms with Crippen LogP contribution in [0.4, 0.5) is 0 Å². The SMILES string of the molecule is CCN(CC)C(=O)COc1cccc(Cl)c1CC1CCN([C@H]2CCc3ccccc32)C1=O. The van der Waals surface area contributed by atoms with Crippen molar-refractivity contribution < 1.29 is 14.3 Å². The number of nitrogens with zero attached hydrogens (tertiary/aromatic N) is 2. The molecule has 0 spiro atoms. The number of benzene rings is 2. The predicted molar refractivity (Wildman–Crippen MR) is 126 cm³/mol. The molecule has 2 aromatic rings. The maximum absolute atomic E-state index is 13.3. The third-order valence-corrected chi connectivity index (χ3v) is 7.18. The summed E-state index contributed by atoms with van der Waals surface area (Å²) in [6, 6.07) is 14.1. The van der Waals surface area contributed by atoms with Crippen molar-refractivity contribution in [2.75, 3.05) is 26.2 Å². The Labute approximate surface area is 195 Å². The van der Waals surface area contributed by atoms with Crippen LogP contribution in [0.3, 0.4) is 0 Å². The summed E-state index contributed by atoms with van der Waals surface area (Å²) in [5.41, 5.74) is 3.46. The normalized spacial score (nSPS) is 19.8. The molecule has 170 valence electrons. The number of hydrogen-bond acceptors (Lipinski definition) is 3. The Morgan fingerprint density at radius 3 is 2.69 bits per heavy atom. The summed E-state index contributed by atoms with van der Waals surface area (Å²) in [4.78, 5) is 29.5. The van der Waals surface area contributed by atoms with Crippen LogP contribution >= 0.6 is 11.6 Å². The number of aryl methyl sites for hydroxylation is 1. The highest BCUT2D eigenvalue weighted by Gasteiger charge is 2.39. The second kappa shape index (κ2) is 9.95. The van der Waals surface area contributed by atoms with Gasteiger partial charge in [0.15, 0.2) is 6.61 Å². The molecule has 1 heterocycles. The molecule has 1 aliphatic heterocycles. The molecule has 1 unspecified atom stereocenters. The second-order valence-corrected chi connectivity index (χ2v) is 8.95. The zero-order chi connectivity index (χ0) is 22.7. The van der Waals surface area contributed by atoms with E-state index in [1.54, 1.807) is 4.90 Å². The third kappa shape index (κ3) is 4.49. The van der Waals surface area contributed by atoms with Crippen molar-refractivity contribution in [3.8, 4) is 5.75 Å². The fourth-order valence-corrected chi connectivity index (χ4v) is 5.29.